The van der Waals surface area contributed by atoms with Crippen molar-refractivity contribution in [2.75, 3.05) is 7.11 Å². The van der Waals surface area contributed by atoms with E-state index in [1.165, 1.54) is 25.5 Å². The largest absolute Gasteiger partial charge is 0.508 e. The van der Waals surface area contributed by atoms with E-state index in [9.17, 15) is 9.59 Å². The Bertz CT molecular complexity index is 1320. The van der Waals surface area contributed by atoms with Gasteiger partial charge < -0.3 is 18.3 Å². The van der Waals surface area contributed by atoms with Crippen molar-refractivity contribution in [2.24, 2.45) is 23.2 Å². The van der Waals surface area contributed by atoms with Crippen molar-refractivity contribution in [1.29, 1.82) is 0 Å². The highest BCUT2D eigenvalue weighted by atomic mass is 28.4. The third kappa shape index (κ3) is 9.58. The predicted octanol–water partition coefficient (Wildman–Crippen LogP) is 11.5. The molecule has 0 bridgehead atoms. The number of carbonyl (C=O) groups is 2. The Morgan fingerprint density at radius 3 is 2.10 bits per heavy atom. The van der Waals surface area contributed by atoms with Crippen LogP contribution < -0.4 is 0 Å². The maximum atomic E-state index is 13.0. The summed E-state index contributed by atoms with van der Waals surface area (Å²) in [4.78, 5) is 24.6. The minimum Gasteiger partial charge on any atom is -0.438 e. The van der Waals surface area contributed by atoms with Crippen molar-refractivity contribution in [3.8, 4) is 0 Å². The fourth-order valence-corrected chi connectivity index (χ4v) is 10.5. The van der Waals surface area contributed by atoms with Gasteiger partial charge in [0.25, 0.3) is 0 Å². The first-order chi connectivity index (χ1) is 22.3. The van der Waals surface area contributed by atoms with Crippen molar-refractivity contribution in [3.63, 3.8) is 0 Å². The van der Waals surface area contributed by atoms with Gasteiger partial charge in [-0.1, -0.05) is 85.8 Å². The average molecular weight is 715 g/mol. The Balaban J connectivity index is 1.87. The van der Waals surface area contributed by atoms with E-state index in [0.717, 1.165) is 37.7 Å². The van der Waals surface area contributed by atoms with Crippen molar-refractivity contribution in [3.05, 3.63) is 47.6 Å². The quantitative estimate of drug-likeness (QED) is 0.127. The van der Waals surface area contributed by atoms with Gasteiger partial charge >= 0.3 is 6.16 Å². The highest BCUT2D eigenvalue weighted by molar-refractivity contribution is 6.74. The van der Waals surface area contributed by atoms with Crippen LogP contribution in [0, 0.1) is 23.2 Å². The van der Waals surface area contributed by atoms with Gasteiger partial charge in [0.1, 0.15) is 0 Å². The standard InChI is InChI=1S/C41H70O6Si2/c1-28(19-24-36(42)40(9,10)45-37(43)44-12)33-22-23-34-30(18-17-25-41(33,34)11)20-21-31-26-32(46-48(13,14)38(3,4)5)27-35(29(31)2)47-49(15,16)39(6,7)8/h19-21,24,28,32-35H,2,17-18,22-23,25-27H2,1,3-16H3/t28-,32-,33-,34+,35+,41-/m1/s1. The molecule has 6 nitrogen and oxygen atoms in total. The summed E-state index contributed by atoms with van der Waals surface area (Å²) >= 11 is 0. The van der Waals surface area contributed by atoms with Crippen LogP contribution in [0.15, 0.2) is 47.6 Å². The summed E-state index contributed by atoms with van der Waals surface area (Å²) in [5.74, 6) is 0.978. The van der Waals surface area contributed by atoms with E-state index in [1.54, 1.807) is 25.5 Å². The lowest BCUT2D eigenvalue weighted by Crippen LogP contribution is -2.49. The molecule has 0 radical (unpaired) electrons. The zero-order valence-corrected chi connectivity index (χ0v) is 35.8. The SMILES string of the molecule is C=C1C(=CC=C2CCC[C@]3(C)[C@@H]([C@H](C)C=CC(=O)C(C)(C)OC(=O)OC)CC[C@@H]23)C[C@@H](O[Si](C)(C)C(C)(C)C)C[C@@H]1O[Si](C)(C)C(C)(C)C. The molecule has 3 saturated carbocycles. The molecule has 3 fully saturated rings. The molecule has 6 atom stereocenters. The third-order valence-corrected chi connectivity index (χ3v) is 22.1. The highest BCUT2D eigenvalue weighted by Gasteiger charge is 2.50. The van der Waals surface area contributed by atoms with E-state index in [0.29, 0.717) is 11.8 Å². The van der Waals surface area contributed by atoms with E-state index >= 15 is 0 Å². The zero-order chi connectivity index (χ0) is 37.4. The molecule has 3 aliphatic rings. The zero-order valence-electron chi connectivity index (χ0n) is 33.8. The Morgan fingerprint density at radius 1 is 0.939 bits per heavy atom. The smallest absolute Gasteiger partial charge is 0.438 e. The second-order valence-corrected chi connectivity index (χ2v) is 28.5. The molecular weight excluding hydrogens is 645 g/mol. The van der Waals surface area contributed by atoms with Gasteiger partial charge in [-0.25, -0.2) is 4.79 Å². The first-order valence-corrected chi connectivity index (χ1v) is 24.5. The molecule has 8 heteroatoms. The average Bonchev–Trinajstić information content (AvgIpc) is 3.32. The van der Waals surface area contributed by atoms with E-state index in [2.05, 4.69) is 105 Å². The van der Waals surface area contributed by atoms with Gasteiger partial charge in [-0.05, 0) is 129 Å². The second-order valence-electron chi connectivity index (χ2n) is 19.0. The van der Waals surface area contributed by atoms with Crippen molar-refractivity contribution in [2.45, 2.75) is 168 Å². The molecule has 0 aromatic carbocycles. The van der Waals surface area contributed by atoms with Crippen LogP contribution in [0.25, 0.3) is 0 Å². The van der Waals surface area contributed by atoms with Crippen molar-refractivity contribution in [1.82, 2.24) is 0 Å². The fraction of sp³-hybridized carbons (Fsp3) is 0.756. The van der Waals surface area contributed by atoms with Gasteiger partial charge in [0.15, 0.2) is 28.0 Å². The molecule has 0 aromatic heterocycles. The van der Waals surface area contributed by atoms with Gasteiger partial charge in [0.2, 0.25) is 0 Å². The van der Waals surface area contributed by atoms with Gasteiger partial charge in [-0.3, -0.25) is 4.79 Å². The lowest BCUT2D eigenvalue weighted by molar-refractivity contribution is -0.131. The summed E-state index contributed by atoms with van der Waals surface area (Å²) in [6.07, 6.45) is 15.2. The molecule has 0 spiro atoms. The first kappa shape index (κ1) is 41.7. The maximum absolute atomic E-state index is 13.0. The van der Waals surface area contributed by atoms with Crippen LogP contribution in [0.3, 0.4) is 0 Å². The van der Waals surface area contributed by atoms with E-state index in [-0.39, 0.29) is 39.4 Å². The molecule has 0 aromatic rings. The minimum absolute atomic E-state index is 0.0279. The van der Waals surface area contributed by atoms with Gasteiger partial charge in [0, 0.05) is 6.42 Å². The number of carbonyl (C=O) groups excluding carboxylic acids is 2. The number of fused-ring (bicyclic) bond motifs is 1. The number of ether oxygens (including phenoxy) is 2. The Hall–Kier alpha value is -1.75. The summed E-state index contributed by atoms with van der Waals surface area (Å²) < 4.78 is 23.9. The fourth-order valence-electron chi connectivity index (χ4n) is 7.78. The Labute approximate surface area is 301 Å². The minimum atomic E-state index is -2.03. The summed E-state index contributed by atoms with van der Waals surface area (Å²) in [5.41, 5.74) is 2.85. The van der Waals surface area contributed by atoms with Crippen molar-refractivity contribution < 1.29 is 27.9 Å². The van der Waals surface area contributed by atoms with Gasteiger partial charge in [0.05, 0.1) is 19.3 Å². The summed E-state index contributed by atoms with van der Waals surface area (Å²) in [7, 11) is -2.75. The highest BCUT2D eigenvalue weighted by Crippen LogP contribution is 2.59. The summed E-state index contributed by atoms with van der Waals surface area (Å²) in [6, 6.07) is 0. The monoisotopic (exact) mass is 714 g/mol. The molecule has 0 amide bonds. The number of hydrogen-bond acceptors (Lipinski definition) is 6. The van der Waals surface area contributed by atoms with Gasteiger partial charge in [-0.2, -0.15) is 0 Å². The van der Waals surface area contributed by atoms with Crippen LogP contribution >= 0.6 is 0 Å². The van der Waals surface area contributed by atoms with Crippen LogP contribution in [-0.4, -0.2) is 53.5 Å². The number of ketones is 1. The van der Waals surface area contributed by atoms with Crippen LogP contribution in [0.2, 0.25) is 36.3 Å². The molecule has 0 unspecified atom stereocenters. The summed E-state index contributed by atoms with van der Waals surface area (Å²) in [6.45, 7) is 35.8. The number of allylic oxidation sites excluding steroid dienone is 4. The number of hydrogen-bond donors (Lipinski definition) is 0. The molecule has 0 aliphatic heterocycles. The number of rotatable bonds is 10. The number of methoxy groups -OCH3 is 1. The molecule has 3 aliphatic carbocycles. The molecule has 0 heterocycles. The second kappa shape index (κ2) is 15.1. The van der Waals surface area contributed by atoms with Crippen LogP contribution in [-0.2, 0) is 23.1 Å². The molecule has 0 N–H and O–H groups in total. The lowest BCUT2D eigenvalue weighted by atomic mass is 9.61. The maximum Gasteiger partial charge on any atom is 0.508 e. The topological polar surface area (TPSA) is 71.1 Å². The molecular formula is C41H70O6Si2. The van der Waals surface area contributed by atoms with Crippen molar-refractivity contribution >= 4 is 28.6 Å². The Kier molecular flexibility index (Phi) is 12.8. The van der Waals surface area contributed by atoms with E-state index in [4.69, 9.17) is 13.6 Å². The van der Waals surface area contributed by atoms with Crippen LogP contribution in [0.1, 0.15) is 114 Å². The normalized spacial score (nSPS) is 29.7. The first-order valence-electron chi connectivity index (χ1n) is 18.7. The summed E-state index contributed by atoms with van der Waals surface area (Å²) in [5, 5.41) is 0.256. The third-order valence-electron chi connectivity index (χ3n) is 13.1. The molecule has 278 valence electrons. The van der Waals surface area contributed by atoms with Crippen LogP contribution in [0.4, 0.5) is 4.79 Å². The molecule has 0 saturated heterocycles. The van der Waals surface area contributed by atoms with Crippen LogP contribution in [0.5, 0.6) is 0 Å². The molecule has 49 heavy (non-hydrogen) atoms. The Morgan fingerprint density at radius 2 is 1.53 bits per heavy atom. The van der Waals surface area contributed by atoms with E-state index in [1.807, 2.05) is 6.08 Å². The molecule has 3 rings (SSSR count). The lowest BCUT2D eigenvalue weighted by Gasteiger charge is -2.45. The predicted molar refractivity (Wildman–Crippen MR) is 208 cm³/mol. The van der Waals surface area contributed by atoms with E-state index < -0.39 is 28.4 Å². The van der Waals surface area contributed by atoms with Gasteiger partial charge in [-0.15, -0.1) is 0 Å².